The number of carbonyl (C=O) groups excluding carboxylic acids is 1. The molecule has 2 rings (SSSR count). The Hall–Kier alpha value is -0.580. The quantitative estimate of drug-likeness (QED) is 0.824. The average Bonchev–Trinajstić information content (AvgIpc) is 2.38. The largest absolute Gasteiger partial charge is 0.336 e. The molecule has 1 aliphatic rings. The Morgan fingerprint density at radius 2 is 1.95 bits per heavy atom. The molecule has 0 radical (unpaired) electrons. The monoisotopic (exact) mass is 358 g/mol. The van der Waals surface area contributed by atoms with Crippen molar-refractivity contribution < 1.29 is 4.79 Å². The van der Waals surface area contributed by atoms with Gasteiger partial charge in [-0.05, 0) is 24.1 Å². The molecule has 1 amide bonds. The summed E-state index contributed by atoms with van der Waals surface area (Å²) in [4.78, 5) is 16.8. The van der Waals surface area contributed by atoms with Gasteiger partial charge in [0, 0.05) is 37.2 Å². The molecule has 0 saturated carbocycles. The topological polar surface area (TPSA) is 23.6 Å². The van der Waals surface area contributed by atoms with Gasteiger partial charge in [-0.1, -0.05) is 41.4 Å². The van der Waals surface area contributed by atoms with E-state index in [2.05, 4.69) is 34.7 Å². The Balaban J connectivity index is 1.98. The van der Waals surface area contributed by atoms with Crippen LogP contribution in [0.5, 0.6) is 0 Å². The Labute approximate surface area is 134 Å². The van der Waals surface area contributed by atoms with Crippen LogP contribution in [0.25, 0.3) is 0 Å². The molecule has 1 saturated heterocycles. The van der Waals surface area contributed by atoms with Crippen LogP contribution >= 0.6 is 27.5 Å². The third kappa shape index (κ3) is 3.96. The predicted molar refractivity (Wildman–Crippen MR) is 86.3 cm³/mol. The van der Waals surface area contributed by atoms with Crippen molar-refractivity contribution in [3.05, 3.63) is 33.3 Å². The first kappa shape index (κ1) is 15.8. The number of piperazine rings is 1. The van der Waals surface area contributed by atoms with Gasteiger partial charge in [-0.25, -0.2) is 0 Å². The zero-order valence-electron chi connectivity index (χ0n) is 11.9. The van der Waals surface area contributed by atoms with Crippen LogP contribution in [0.4, 0.5) is 0 Å². The lowest BCUT2D eigenvalue weighted by atomic mass is 10.1. The van der Waals surface area contributed by atoms with Crippen molar-refractivity contribution in [3.8, 4) is 0 Å². The van der Waals surface area contributed by atoms with E-state index in [4.69, 9.17) is 11.6 Å². The van der Waals surface area contributed by atoms with Crippen molar-refractivity contribution in [2.75, 3.05) is 32.7 Å². The second kappa shape index (κ2) is 6.92. The van der Waals surface area contributed by atoms with Crippen LogP contribution < -0.4 is 0 Å². The second-order valence-electron chi connectivity index (χ2n) is 5.61. The molecule has 0 spiro atoms. The van der Waals surface area contributed by atoms with E-state index in [9.17, 15) is 4.79 Å². The van der Waals surface area contributed by atoms with Gasteiger partial charge in [0.25, 0.3) is 5.91 Å². The number of halogens is 2. The fourth-order valence-electron chi connectivity index (χ4n) is 2.48. The summed E-state index contributed by atoms with van der Waals surface area (Å²) in [7, 11) is 0. The van der Waals surface area contributed by atoms with Crippen molar-refractivity contribution in [1.82, 2.24) is 9.80 Å². The van der Waals surface area contributed by atoms with Crippen molar-refractivity contribution >= 4 is 33.4 Å². The summed E-state index contributed by atoms with van der Waals surface area (Å²) in [6.07, 6.45) is 0. The minimum atomic E-state index is 0.0340. The summed E-state index contributed by atoms with van der Waals surface area (Å²) < 4.78 is 0.890. The molecule has 0 aliphatic carbocycles. The zero-order chi connectivity index (χ0) is 14.7. The van der Waals surface area contributed by atoms with E-state index in [1.165, 1.54) is 0 Å². The first-order valence-electron chi connectivity index (χ1n) is 6.94. The van der Waals surface area contributed by atoms with Gasteiger partial charge in [0.15, 0.2) is 0 Å². The SMILES string of the molecule is CC(C)CN1CCN(C(=O)c2ccc(Br)cc2Cl)CC1. The molecule has 1 aromatic rings. The summed E-state index contributed by atoms with van der Waals surface area (Å²) in [6, 6.07) is 5.41. The van der Waals surface area contributed by atoms with Gasteiger partial charge in [0.05, 0.1) is 10.6 Å². The molecule has 5 heteroatoms. The lowest BCUT2D eigenvalue weighted by molar-refractivity contribution is 0.0624. The zero-order valence-corrected chi connectivity index (χ0v) is 14.2. The molecular weight excluding hydrogens is 340 g/mol. The molecule has 0 atom stereocenters. The van der Waals surface area contributed by atoms with E-state index in [1.54, 1.807) is 12.1 Å². The van der Waals surface area contributed by atoms with Crippen LogP contribution in [-0.2, 0) is 0 Å². The minimum absolute atomic E-state index is 0.0340. The molecule has 0 unspecified atom stereocenters. The summed E-state index contributed by atoms with van der Waals surface area (Å²) >= 11 is 9.51. The molecule has 1 fully saturated rings. The van der Waals surface area contributed by atoms with Gasteiger partial charge >= 0.3 is 0 Å². The summed E-state index contributed by atoms with van der Waals surface area (Å²) in [5, 5.41) is 0.508. The summed E-state index contributed by atoms with van der Waals surface area (Å²) in [6.45, 7) is 8.98. The maximum atomic E-state index is 12.5. The second-order valence-corrected chi connectivity index (χ2v) is 6.93. The normalized spacial score (nSPS) is 16.8. The molecule has 1 aromatic carbocycles. The maximum absolute atomic E-state index is 12.5. The molecule has 0 aromatic heterocycles. The van der Waals surface area contributed by atoms with Crippen molar-refractivity contribution in [2.45, 2.75) is 13.8 Å². The first-order valence-corrected chi connectivity index (χ1v) is 8.11. The summed E-state index contributed by atoms with van der Waals surface area (Å²) in [5.41, 5.74) is 0.590. The standard InChI is InChI=1S/C15H20BrClN2O/c1-11(2)10-18-5-7-19(8-6-18)15(20)13-4-3-12(16)9-14(13)17/h3-4,9,11H,5-8,10H2,1-2H3. The fourth-order valence-corrected chi connectivity index (χ4v) is 3.24. The minimum Gasteiger partial charge on any atom is -0.336 e. The Kier molecular flexibility index (Phi) is 5.47. The van der Waals surface area contributed by atoms with Crippen LogP contribution in [0, 0.1) is 5.92 Å². The molecule has 3 nitrogen and oxygen atoms in total. The van der Waals surface area contributed by atoms with Crippen LogP contribution in [-0.4, -0.2) is 48.4 Å². The van der Waals surface area contributed by atoms with Crippen LogP contribution in [0.2, 0.25) is 5.02 Å². The molecule has 0 bridgehead atoms. The van der Waals surface area contributed by atoms with Crippen LogP contribution in [0.1, 0.15) is 24.2 Å². The van der Waals surface area contributed by atoms with E-state index >= 15 is 0 Å². The van der Waals surface area contributed by atoms with Gasteiger partial charge in [-0.15, -0.1) is 0 Å². The lowest BCUT2D eigenvalue weighted by Gasteiger charge is -2.35. The Morgan fingerprint density at radius 1 is 1.30 bits per heavy atom. The molecular formula is C15H20BrClN2O. The highest BCUT2D eigenvalue weighted by Crippen LogP contribution is 2.23. The Morgan fingerprint density at radius 3 is 2.50 bits per heavy atom. The van der Waals surface area contributed by atoms with Crippen LogP contribution in [0.3, 0.4) is 0 Å². The fraction of sp³-hybridized carbons (Fsp3) is 0.533. The number of nitrogens with zero attached hydrogens (tertiary/aromatic N) is 2. The number of benzene rings is 1. The van der Waals surface area contributed by atoms with E-state index < -0.39 is 0 Å². The lowest BCUT2D eigenvalue weighted by Crippen LogP contribution is -2.49. The van der Waals surface area contributed by atoms with Gasteiger partial charge in [0.1, 0.15) is 0 Å². The molecule has 0 N–H and O–H groups in total. The van der Waals surface area contributed by atoms with E-state index in [1.807, 2.05) is 11.0 Å². The molecule has 1 heterocycles. The van der Waals surface area contributed by atoms with E-state index in [-0.39, 0.29) is 5.91 Å². The highest BCUT2D eigenvalue weighted by atomic mass is 79.9. The third-order valence-corrected chi connectivity index (χ3v) is 4.25. The third-order valence-electron chi connectivity index (χ3n) is 3.44. The first-order chi connectivity index (χ1) is 9.47. The number of amides is 1. The van der Waals surface area contributed by atoms with E-state index in [0.29, 0.717) is 16.5 Å². The number of hydrogen-bond donors (Lipinski definition) is 0. The molecule has 110 valence electrons. The van der Waals surface area contributed by atoms with E-state index in [0.717, 1.165) is 37.2 Å². The van der Waals surface area contributed by atoms with Gasteiger partial charge < -0.3 is 4.90 Å². The molecule has 20 heavy (non-hydrogen) atoms. The number of rotatable bonds is 3. The summed E-state index contributed by atoms with van der Waals surface area (Å²) in [5.74, 6) is 0.699. The van der Waals surface area contributed by atoms with Gasteiger partial charge in [-0.3, -0.25) is 9.69 Å². The highest BCUT2D eigenvalue weighted by molar-refractivity contribution is 9.10. The number of hydrogen-bond acceptors (Lipinski definition) is 2. The van der Waals surface area contributed by atoms with Crippen LogP contribution in [0.15, 0.2) is 22.7 Å². The molecule has 1 aliphatic heterocycles. The highest BCUT2D eigenvalue weighted by Gasteiger charge is 2.23. The predicted octanol–water partition coefficient (Wildman–Crippen LogP) is 3.52. The smallest absolute Gasteiger partial charge is 0.255 e. The van der Waals surface area contributed by atoms with Crippen molar-refractivity contribution in [3.63, 3.8) is 0 Å². The number of carbonyl (C=O) groups is 1. The van der Waals surface area contributed by atoms with Crippen molar-refractivity contribution in [1.29, 1.82) is 0 Å². The average molecular weight is 360 g/mol. The van der Waals surface area contributed by atoms with Gasteiger partial charge in [0.2, 0.25) is 0 Å². The Bertz CT molecular complexity index is 485. The van der Waals surface area contributed by atoms with Crippen molar-refractivity contribution in [2.24, 2.45) is 5.92 Å². The maximum Gasteiger partial charge on any atom is 0.255 e. The van der Waals surface area contributed by atoms with Gasteiger partial charge in [-0.2, -0.15) is 0 Å².